The van der Waals surface area contributed by atoms with Crippen LogP contribution in [0.1, 0.15) is 23.6 Å². The van der Waals surface area contributed by atoms with Crippen molar-refractivity contribution in [3.63, 3.8) is 0 Å². The van der Waals surface area contributed by atoms with Gasteiger partial charge in [-0.3, -0.25) is 9.59 Å². The molecule has 3 rings (SSSR count). The lowest BCUT2D eigenvalue weighted by molar-refractivity contribution is -0.142. The van der Waals surface area contributed by atoms with Crippen LogP contribution in [0.4, 0.5) is 0 Å². The van der Waals surface area contributed by atoms with Gasteiger partial charge in [0.05, 0.1) is 5.92 Å². The highest BCUT2D eigenvalue weighted by molar-refractivity contribution is 5.91. The molecule has 1 fully saturated rings. The molecule has 1 aliphatic heterocycles. The van der Waals surface area contributed by atoms with Gasteiger partial charge in [0, 0.05) is 19.5 Å². The Hall–Kier alpha value is -3.15. The van der Waals surface area contributed by atoms with E-state index >= 15 is 0 Å². The number of hydrogen-bond donors (Lipinski definition) is 2. The highest BCUT2D eigenvalue weighted by Gasteiger charge is 2.36. The van der Waals surface area contributed by atoms with Crippen LogP contribution in [0.3, 0.4) is 0 Å². The Morgan fingerprint density at radius 2 is 1.69 bits per heavy atom. The van der Waals surface area contributed by atoms with Crippen LogP contribution in [0.5, 0.6) is 0 Å². The van der Waals surface area contributed by atoms with E-state index in [1.165, 1.54) is 0 Å². The van der Waals surface area contributed by atoms with Gasteiger partial charge in [0.1, 0.15) is 0 Å². The molecule has 2 N–H and O–H groups in total. The number of rotatable bonds is 6. The molecule has 26 heavy (non-hydrogen) atoms. The standard InChI is InChI=1S/C20H20N2O4/c23-17-11-16(13-22(17)12-14-7-3-1-4-8-14)19(24)21-18(20(25)26)15-9-5-2-6-10-15/h1-10,16,18H,11-13H2,(H,21,24)(H,25,26)/t16?,18-/m1/s1. The van der Waals surface area contributed by atoms with E-state index in [-0.39, 0.29) is 12.3 Å². The molecule has 2 aromatic rings. The summed E-state index contributed by atoms with van der Waals surface area (Å²) in [6, 6.07) is 17.0. The van der Waals surface area contributed by atoms with Crippen LogP contribution in [0.25, 0.3) is 0 Å². The molecule has 6 nitrogen and oxygen atoms in total. The van der Waals surface area contributed by atoms with E-state index in [1.807, 2.05) is 30.3 Å². The predicted octanol–water partition coefficient (Wildman–Crippen LogP) is 1.98. The Kier molecular flexibility index (Phi) is 5.31. The molecule has 1 saturated heterocycles. The molecule has 2 aromatic carbocycles. The number of benzene rings is 2. The summed E-state index contributed by atoms with van der Waals surface area (Å²) in [5.41, 5.74) is 1.49. The van der Waals surface area contributed by atoms with Crippen molar-refractivity contribution in [2.75, 3.05) is 6.54 Å². The third-order valence-electron chi connectivity index (χ3n) is 4.47. The van der Waals surface area contributed by atoms with Crippen LogP contribution in [-0.2, 0) is 20.9 Å². The number of carboxylic acid groups (broad SMARTS) is 1. The van der Waals surface area contributed by atoms with Gasteiger partial charge in [-0.25, -0.2) is 4.79 Å². The van der Waals surface area contributed by atoms with E-state index in [0.717, 1.165) is 5.56 Å². The SMILES string of the molecule is O=C(N[C@@H](C(=O)O)c1ccccc1)C1CC(=O)N(Cc2ccccc2)C1. The van der Waals surface area contributed by atoms with Crippen molar-refractivity contribution in [1.82, 2.24) is 10.2 Å². The van der Waals surface area contributed by atoms with Crippen LogP contribution in [0.2, 0.25) is 0 Å². The minimum absolute atomic E-state index is 0.0967. The summed E-state index contributed by atoms with van der Waals surface area (Å²) in [6.45, 7) is 0.741. The summed E-state index contributed by atoms with van der Waals surface area (Å²) in [6.07, 6.45) is 0.0970. The summed E-state index contributed by atoms with van der Waals surface area (Å²) < 4.78 is 0. The summed E-state index contributed by atoms with van der Waals surface area (Å²) in [4.78, 5) is 37.9. The first-order valence-corrected chi connectivity index (χ1v) is 8.44. The third-order valence-corrected chi connectivity index (χ3v) is 4.47. The Labute approximate surface area is 151 Å². The van der Waals surface area contributed by atoms with Crippen molar-refractivity contribution in [1.29, 1.82) is 0 Å². The Morgan fingerprint density at radius 3 is 2.31 bits per heavy atom. The smallest absolute Gasteiger partial charge is 0.330 e. The summed E-state index contributed by atoms with van der Waals surface area (Å²) in [5, 5.41) is 12.0. The molecule has 2 amide bonds. The average molecular weight is 352 g/mol. The number of carboxylic acids is 1. The highest BCUT2D eigenvalue weighted by Crippen LogP contribution is 2.22. The molecular formula is C20H20N2O4. The number of amides is 2. The lowest BCUT2D eigenvalue weighted by Crippen LogP contribution is -2.38. The predicted molar refractivity (Wildman–Crippen MR) is 94.9 cm³/mol. The molecule has 6 heteroatoms. The Bertz CT molecular complexity index is 792. The third kappa shape index (κ3) is 4.08. The van der Waals surface area contributed by atoms with Gasteiger partial charge in [0.2, 0.25) is 11.8 Å². The monoisotopic (exact) mass is 352 g/mol. The zero-order chi connectivity index (χ0) is 18.5. The molecule has 2 atom stereocenters. The molecule has 0 radical (unpaired) electrons. The van der Waals surface area contributed by atoms with Crippen molar-refractivity contribution in [2.24, 2.45) is 5.92 Å². The highest BCUT2D eigenvalue weighted by atomic mass is 16.4. The first-order valence-electron chi connectivity index (χ1n) is 8.44. The van der Waals surface area contributed by atoms with Crippen molar-refractivity contribution < 1.29 is 19.5 Å². The van der Waals surface area contributed by atoms with E-state index in [4.69, 9.17) is 0 Å². The largest absolute Gasteiger partial charge is 0.479 e. The normalized spacial score (nSPS) is 17.8. The summed E-state index contributed by atoms with van der Waals surface area (Å²) in [7, 11) is 0. The van der Waals surface area contributed by atoms with Gasteiger partial charge in [-0.1, -0.05) is 60.7 Å². The quantitative estimate of drug-likeness (QED) is 0.832. The van der Waals surface area contributed by atoms with Gasteiger partial charge in [0.15, 0.2) is 6.04 Å². The summed E-state index contributed by atoms with van der Waals surface area (Å²) in [5.74, 6) is -2.18. The van der Waals surface area contributed by atoms with E-state index in [2.05, 4.69) is 5.32 Å². The Morgan fingerprint density at radius 1 is 1.08 bits per heavy atom. The number of carbonyl (C=O) groups excluding carboxylic acids is 2. The van der Waals surface area contributed by atoms with Gasteiger partial charge in [0.25, 0.3) is 0 Å². The molecule has 0 aromatic heterocycles. The molecule has 0 aliphatic carbocycles. The molecule has 134 valence electrons. The van der Waals surface area contributed by atoms with E-state index in [1.54, 1.807) is 35.2 Å². The maximum absolute atomic E-state index is 12.5. The molecule has 0 bridgehead atoms. The lowest BCUT2D eigenvalue weighted by Gasteiger charge is -2.19. The van der Waals surface area contributed by atoms with Gasteiger partial charge in [-0.15, -0.1) is 0 Å². The van der Waals surface area contributed by atoms with E-state index in [0.29, 0.717) is 18.7 Å². The fourth-order valence-corrected chi connectivity index (χ4v) is 3.10. The zero-order valence-corrected chi connectivity index (χ0v) is 14.2. The first kappa shape index (κ1) is 17.7. The number of nitrogens with zero attached hydrogens (tertiary/aromatic N) is 1. The van der Waals surface area contributed by atoms with Gasteiger partial charge >= 0.3 is 5.97 Å². The van der Waals surface area contributed by atoms with Gasteiger partial charge in [-0.2, -0.15) is 0 Å². The second-order valence-electron chi connectivity index (χ2n) is 6.35. The van der Waals surface area contributed by atoms with Crippen molar-refractivity contribution in [2.45, 2.75) is 19.0 Å². The first-order chi connectivity index (χ1) is 12.5. The van der Waals surface area contributed by atoms with E-state index in [9.17, 15) is 19.5 Å². The zero-order valence-electron chi connectivity index (χ0n) is 14.2. The van der Waals surface area contributed by atoms with Crippen molar-refractivity contribution in [3.8, 4) is 0 Å². The summed E-state index contributed by atoms with van der Waals surface area (Å²) >= 11 is 0. The van der Waals surface area contributed by atoms with Gasteiger partial charge < -0.3 is 15.3 Å². The van der Waals surface area contributed by atoms with Gasteiger partial charge in [-0.05, 0) is 11.1 Å². The van der Waals surface area contributed by atoms with Crippen molar-refractivity contribution >= 4 is 17.8 Å². The lowest BCUT2D eigenvalue weighted by atomic mass is 10.0. The van der Waals surface area contributed by atoms with Crippen LogP contribution >= 0.6 is 0 Å². The molecular weight excluding hydrogens is 332 g/mol. The number of aliphatic carboxylic acids is 1. The molecule has 1 heterocycles. The minimum atomic E-state index is -1.13. The van der Waals surface area contributed by atoms with Crippen LogP contribution in [0.15, 0.2) is 60.7 Å². The molecule has 0 spiro atoms. The minimum Gasteiger partial charge on any atom is -0.479 e. The Balaban J connectivity index is 1.64. The van der Waals surface area contributed by atoms with Crippen molar-refractivity contribution in [3.05, 3.63) is 71.8 Å². The van der Waals surface area contributed by atoms with Crippen LogP contribution in [-0.4, -0.2) is 34.3 Å². The average Bonchev–Trinajstić information content (AvgIpc) is 3.01. The molecule has 1 unspecified atom stereocenters. The fraction of sp³-hybridized carbons (Fsp3) is 0.250. The topological polar surface area (TPSA) is 86.7 Å². The maximum Gasteiger partial charge on any atom is 0.330 e. The number of hydrogen-bond acceptors (Lipinski definition) is 3. The van der Waals surface area contributed by atoms with Crippen LogP contribution < -0.4 is 5.32 Å². The second-order valence-corrected chi connectivity index (χ2v) is 6.35. The van der Waals surface area contributed by atoms with Crippen LogP contribution in [0, 0.1) is 5.92 Å². The number of nitrogens with one attached hydrogen (secondary N) is 1. The second kappa shape index (κ2) is 7.82. The fourth-order valence-electron chi connectivity index (χ4n) is 3.10. The molecule has 1 aliphatic rings. The molecule has 0 saturated carbocycles. The number of likely N-dealkylation sites (tertiary alicyclic amines) is 1. The maximum atomic E-state index is 12.5. The number of carbonyl (C=O) groups is 3. The van der Waals surface area contributed by atoms with E-state index < -0.39 is 23.8 Å².